The molecule has 9 heteroatoms. The summed E-state index contributed by atoms with van der Waals surface area (Å²) in [5.74, 6) is -9.33. The molecule has 0 aliphatic carbocycles. The molecule has 0 aromatic carbocycles. The van der Waals surface area contributed by atoms with E-state index in [1.54, 1.807) is 0 Å². The Morgan fingerprint density at radius 2 is 1.14 bits per heavy atom. The van der Waals surface area contributed by atoms with Gasteiger partial charge in [-0.2, -0.15) is 35.1 Å². The van der Waals surface area contributed by atoms with Crippen LogP contribution in [0.4, 0.5) is 39.5 Å². The minimum absolute atomic E-state index is 1.81. The maximum Gasteiger partial charge on any atom is 0.457 e. The van der Waals surface area contributed by atoms with Crippen molar-refractivity contribution in [2.45, 2.75) is 18.3 Å². The van der Waals surface area contributed by atoms with Gasteiger partial charge in [0.25, 0.3) is 0 Å². The molecular formula is C5HF9. The quantitative estimate of drug-likeness (QED) is 0.606. The van der Waals surface area contributed by atoms with Crippen LogP contribution in [0.15, 0.2) is 11.9 Å². The number of rotatable bonds is 1. The van der Waals surface area contributed by atoms with E-state index in [0.717, 1.165) is 0 Å². The van der Waals surface area contributed by atoms with Gasteiger partial charge in [0.1, 0.15) is 0 Å². The molecule has 0 saturated heterocycles. The summed E-state index contributed by atoms with van der Waals surface area (Å²) in [6.07, 6.45) is -13.9. The third-order valence-corrected chi connectivity index (χ3v) is 0.957. The highest BCUT2D eigenvalue weighted by atomic mass is 19.4. The molecule has 0 fully saturated rings. The molecule has 0 rings (SSSR count). The average Bonchev–Trinajstić information content (AvgIpc) is 1.80. The first-order valence-corrected chi connectivity index (χ1v) is 2.78. The fourth-order valence-corrected chi connectivity index (χ4v) is 0.323. The molecule has 84 valence electrons. The van der Waals surface area contributed by atoms with Crippen LogP contribution < -0.4 is 0 Å². The molecule has 0 aliphatic heterocycles. The van der Waals surface area contributed by atoms with E-state index in [0.29, 0.717) is 0 Å². The summed E-state index contributed by atoms with van der Waals surface area (Å²) in [7, 11) is 0. The minimum atomic E-state index is -6.25. The summed E-state index contributed by atoms with van der Waals surface area (Å²) in [5, 5.41) is 0. The molecule has 0 nitrogen and oxygen atoms in total. The maximum atomic E-state index is 11.8. The Labute approximate surface area is 71.0 Å². The van der Waals surface area contributed by atoms with Crippen LogP contribution >= 0.6 is 0 Å². The molecule has 0 heterocycles. The molecule has 0 spiro atoms. The Morgan fingerprint density at radius 1 is 0.786 bits per heavy atom. The van der Waals surface area contributed by atoms with Gasteiger partial charge in [0.05, 0.1) is 0 Å². The van der Waals surface area contributed by atoms with Crippen LogP contribution in [-0.4, -0.2) is 18.3 Å². The Balaban J connectivity index is 5.00. The second-order valence-corrected chi connectivity index (χ2v) is 2.11. The summed E-state index contributed by atoms with van der Waals surface area (Å²) in [5.41, 5.74) is 0. The van der Waals surface area contributed by atoms with Crippen molar-refractivity contribution in [1.82, 2.24) is 0 Å². The molecule has 0 aliphatic rings. The number of halogens is 9. The zero-order valence-electron chi connectivity index (χ0n) is 5.98. The van der Waals surface area contributed by atoms with Crippen molar-refractivity contribution in [3.05, 3.63) is 11.9 Å². The monoisotopic (exact) mass is 232 g/mol. The zero-order valence-corrected chi connectivity index (χ0v) is 5.98. The number of hydrogen-bond acceptors (Lipinski definition) is 0. The lowest BCUT2D eigenvalue weighted by molar-refractivity contribution is -0.260. The normalized spacial score (nSPS) is 15.9. The van der Waals surface area contributed by atoms with Crippen LogP contribution in [0.3, 0.4) is 0 Å². The van der Waals surface area contributed by atoms with Crippen molar-refractivity contribution in [3.63, 3.8) is 0 Å². The van der Waals surface area contributed by atoms with Gasteiger partial charge in [0.15, 0.2) is 0 Å². The van der Waals surface area contributed by atoms with Crippen molar-refractivity contribution in [2.75, 3.05) is 0 Å². The summed E-state index contributed by atoms with van der Waals surface area (Å²) >= 11 is 0. The van der Waals surface area contributed by atoms with Gasteiger partial charge >= 0.3 is 18.3 Å². The molecule has 0 unspecified atom stereocenters. The molecule has 14 heavy (non-hydrogen) atoms. The third-order valence-electron chi connectivity index (χ3n) is 0.957. The van der Waals surface area contributed by atoms with Gasteiger partial charge in [-0.15, -0.1) is 0 Å². The number of alkyl halides is 8. The molecule has 0 saturated carbocycles. The van der Waals surface area contributed by atoms with Gasteiger partial charge in [-0.3, -0.25) is 0 Å². The van der Waals surface area contributed by atoms with Crippen molar-refractivity contribution < 1.29 is 39.5 Å². The number of hydrogen-bond donors (Lipinski definition) is 0. The highest BCUT2D eigenvalue weighted by Gasteiger charge is 2.57. The molecule has 0 N–H and O–H groups in total. The highest BCUT2D eigenvalue weighted by Crippen LogP contribution is 2.39. The van der Waals surface area contributed by atoms with E-state index in [2.05, 4.69) is 0 Å². The lowest BCUT2D eigenvalue weighted by atomic mass is 10.3. The van der Waals surface area contributed by atoms with Gasteiger partial charge in [0, 0.05) is 6.08 Å². The first kappa shape index (κ1) is 13.1. The molecule has 0 bridgehead atoms. The Kier molecular flexibility index (Phi) is 3.14. The molecule has 0 radical (unpaired) electrons. The predicted molar refractivity (Wildman–Crippen MR) is 26.2 cm³/mol. The largest absolute Gasteiger partial charge is 0.457 e. The fraction of sp³-hybridized carbons (Fsp3) is 0.600. The lowest BCUT2D eigenvalue weighted by Gasteiger charge is -2.16. The first-order chi connectivity index (χ1) is 5.88. The minimum Gasteiger partial charge on any atom is -0.202 e. The molecule has 0 aromatic heterocycles. The van der Waals surface area contributed by atoms with Crippen LogP contribution in [-0.2, 0) is 0 Å². The summed E-state index contributed by atoms with van der Waals surface area (Å²) in [6.45, 7) is 0. The second kappa shape index (κ2) is 3.35. The molecule has 0 aromatic rings. The van der Waals surface area contributed by atoms with E-state index < -0.39 is 30.2 Å². The van der Waals surface area contributed by atoms with Gasteiger partial charge in [0.2, 0.25) is 5.83 Å². The van der Waals surface area contributed by atoms with Crippen molar-refractivity contribution >= 4 is 0 Å². The maximum absolute atomic E-state index is 11.8. The Bertz CT molecular complexity index is 229. The summed E-state index contributed by atoms with van der Waals surface area (Å²) < 4.78 is 103. The van der Waals surface area contributed by atoms with Crippen LogP contribution in [0.1, 0.15) is 0 Å². The van der Waals surface area contributed by atoms with Crippen molar-refractivity contribution in [2.24, 2.45) is 0 Å². The van der Waals surface area contributed by atoms with E-state index >= 15 is 0 Å². The van der Waals surface area contributed by atoms with E-state index in [4.69, 9.17) is 0 Å². The number of allylic oxidation sites excluding steroid dienone is 2. The SMILES string of the molecule is F/C(=C/C(F)(F)C(F)(F)F)C(F)(F)F. The highest BCUT2D eigenvalue weighted by molar-refractivity contribution is 5.08. The smallest absolute Gasteiger partial charge is 0.202 e. The predicted octanol–water partition coefficient (Wildman–Crippen LogP) is 3.60. The van der Waals surface area contributed by atoms with E-state index in [9.17, 15) is 39.5 Å². The van der Waals surface area contributed by atoms with Gasteiger partial charge in [-0.05, 0) is 0 Å². The van der Waals surface area contributed by atoms with Crippen LogP contribution in [0, 0.1) is 0 Å². The summed E-state index contributed by atoms with van der Waals surface area (Å²) in [4.78, 5) is 0. The fourth-order valence-electron chi connectivity index (χ4n) is 0.323. The van der Waals surface area contributed by atoms with E-state index in [1.165, 1.54) is 0 Å². The third kappa shape index (κ3) is 3.11. The summed E-state index contributed by atoms with van der Waals surface area (Å²) in [6, 6.07) is 0. The molecule has 0 atom stereocenters. The second-order valence-electron chi connectivity index (χ2n) is 2.11. The molecule has 0 amide bonds. The van der Waals surface area contributed by atoms with Gasteiger partial charge in [-0.1, -0.05) is 0 Å². The standard InChI is InChI=1S/C5HF9/c6-2(4(9,10)11)1-3(7,8)5(12,13)14/h1H/b2-1+. The Morgan fingerprint density at radius 3 is 1.36 bits per heavy atom. The van der Waals surface area contributed by atoms with Crippen LogP contribution in [0.5, 0.6) is 0 Å². The van der Waals surface area contributed by atoms with Gasteiger partial charge in [-0.25, -0.2) is 4.39 Å². The van der Waals surface area contributed by atoms with Crippen LogP contribution in [0.2, 0.25) is 0 Å². The Hall–Kier alpha value is -0.890. The van der Waals surface area contributed by atoms with Crippen molar-refractivity contribution in [1.29, 1.82) is 0 Å². The van der Waals surface area contributed by atoms with Crippen molar-refractivity contribution in [3.8, 4) is 0 Å². The lowest BCUT2D eigenvalue weighted by Crippen LogP contribution is -2.35. The first-order valence-electron chi connectivity index (χ1n) is 2.78. The average molecular weight is 232 g/mol. The van der Waals surface area contributed by atoms with Crippen LogP contribution in [0.25, 0.3) is 0 Å². The zero-order chi connectivity index (χ0) is 11.8. The molecular weight excluding hydrogens is 231 g/mol. The van der Waals surface area contributed by atoms with E-state index in [-0.39, 0.29) is 0 Å². The van der Waals surface area contributed by atoms with E-state index in [1.807, 2.05) is 0 Å². The van der Waals surface area contributed by atoms with Gasteiger partial charge < -0.3 is 0 Å². The topological polar surface area (TPSA) is 0 Å².